The quantitative estimate of drug-likeness (QED) is 0.765. The van der Waals surface area contributed by atoms with Crippen LogP contribution in [0, 0.1) is 5.82 Å². The normalized spacial score (nSPS) is 15.6. The third-order valence-electron chi connectivity index (χ3n) is 2.57. The number of nitrogens with zero attached hydrogens (tertiary/aromatic N) is 1. The minimum Gasteiger partial charge on any atom is -0.467 e. The standard InChI is InChI=1S/C12H17FN2O2/c1-2-4-14-6-9-3-5-15-12(11(9)13)17-10-7-16-8-10/h3,5,10,14H,2,4,6-8H2,1H3. The van der Waals surface area contributed by atoms with Crippen molar-refractivity contribution in [3.63, 3.8) is 0 Å². The number of ether oxygens (including phenoxy) is 2. The first kappa shape index (κ1) is 12.3. The van der Waals surface area contributed by atoms with Crippen molar-refractivity contribution in [1.82, 2.24) is 10.3 Å². The van der Waals surface area contributed by atoms with Crippen LogP contribution in [-0.4, -0.2) is 30.8 Å². The zero-order valence-corrected chi connectivity index (χ0v) is 9.91. The summed E-state index contributed by atoms with van der Waals surface area (Å²) in [7, 11) is 0. The number of hydrogen-bond acceptors (Lipinski definition) is 4. The van der Waals surface area contributed by atoms with Gasteiger partial charge in [-0.2, -0.15) is 0 Å². The Labute approximate surface area is 100 Å². The minimum atomic E-state index is -0.372. The molecule has 1 aromatic heterocycles. The fraction of sp³-hybridized carbons (Fsp3) is 0.583. The average Bonchev–Trinajstić information content (AvgIpc) is 2.28. The molecule has 0 bridgehead atoms. The number of nitrogens with one attached hydrogen (secondary N) is 1. The Hall–Kier alpha value is -1.20. The van der Waals surface area contributed by atoms with Crippen LogP contribution in [0.15, 0.2) is 12.3 Å². The molecule has 2 heterocycles. The topological polar surface area (TPSA) is 43.4 Å². The van der Waals surface area contributed by atoms with Crippen LogP contribution in [0.5, 0.6) is 5.88 Å². The molecule has 1 fully saturated rings. The molecular weight excluding hydrogens is 223 g/mol. The zero-order valence-electron chi connectivity index (χ0n) is 9.91. The maximum Gasteiger partial charge on any atom is 0.251 e. The Bertz CT molecular complexity index is 370. The predicted molar refractivity (Wildman–Crippen MR) is 61.4 cm³/mol. The van der Waals surface area contributed by atoms with Gasteiger partial charge < -0.3 is 14.8 Å². The second kappa shape index (κ2) is 5.93. The summed E-state index contributed by atoms with van der Waals surface area (Å²) in [5.74, 6) is -0.294. The fourth-order valence-electron chi connectivity index (χ4n) is 1.52. The van der Waals surface area contributed by atoms with Gasteiger partial charge in [0.15, 0.2) is 5.82 Å². The van der Waals surface area contributed by atoms with E-state index in [4.69, 9.17) is 9.47 Å². The van der Waals surface area contributed by atoms with Crippen molar-refractivity contribution in [3.8, 4) is 5.88 Å². The monoisotopic (exact) mass is 240 g/mol. The van der Waals surface area contributed by atoms with Crippen LogP contribution in [0.1, 0.15) is 18.9 Å². The van der Waals surface area contributed by atoms with Crippen LogP contribution >= 0.6 is 0 Å². The molecule has 1 aromatic rings. The second-order valence-electron chi connectivity index (χ2n) is 4.04. The summed E-state index contributed by atoms with van der Waals surface area (Å²) in [6, 6.07) is 1.67. The molecule has 17 heavy (non-hydrogen) atoms. The van der Waals surface area contributed by atoms with Crippen molar-refractivity contribution in [2.75, 3.05) is 19.8 Å². The van der Waals surface area contributed by atoms with E-state index in [1.54, 1.807) is 12.3 Å². The smallest absolute Gasteiger partial charge is 0.251 e. The van der Waals surface area contributed by atoms with Gasteiger partial charge in [-0.05, 0) is 19.0 Å². The summed E-state index contributed by atoms with van der Waals surface area (Å²) in [6.45, 7) is 4.47. The van der Waals surface area contributed by atoms with Gasteiger partial charge in [0.05, 0.1) is 13.2 Å². The Morgan fingerprint density at radius 1 is 1.59 bits per heavy atom. The average molecular weight is 240 g/mol. The third kappa shape index (κ3) is 3.14. The Morgan fingerprint density at radius 3 is 3.06 bits per heavy atom. The SMILES string of the molecule is CCCNCc1ccnc(OC2COC2)c1F. The summed E-state index contributed by atoms with van der Waals surface area (Å²) in [6.07, 6.45) is 2.53. The first-order valence-electron chi connectivity index (χ1n) is 5.89. The Balaban J connectivity index is 1.98. The molecular formula is C12H17FN2O2. The van der Waals surface area contributed by atoms with E-state index in [-0.39, 0.29) is 17.8 Å². The number of pyridine rings is 1. The van der Waals surface area contributed by atoms with E-state index >= 15 is 0 Å². The molecule has 2 rings (SSSR count). The van der Waals surface area contributed by atoms with E-state index in [1.807, 2.05) is 0 Å². The van der Waals surface area contributed by atoms with Crippen LogP contribution in [0.2, 0.25) is 0 Å². The van der Waals surface area contributed by atoms with E-state index in [0.717, 1.165) is 13.0 Å². The fourth-order valence-corrected chi connectivity index (χ4v) is 1.52. The molecule has 0 radical (unpaired) electrons. The third-order valence-corrected chi connectivity index (χ3v) is 2.57. The van der Waals surface area contributed by atoms with Gasteiger partial charge >= 0.3 is 0 Å². The molecule has 5 heteroatoms. The van der Waals surface area contributed by atoms with Gasteiger partial charge in [0.2, 0.25) is 0 Å². The molecule has 1 saturated heterocycles. The van der Waals surface area contributed by atoms with E-state index in [9.17, 15) is 4.39 Å². The van der Waals surface area contributed by atoms with Crippen LogP contribution in [-0.2, 0) is 11.3 Å². The van der Waals surface area contributed by atoms with E-state index in [1.165, 1.54) is 0 Å². The van der Waals surface area contributed by atoms with Gasteiger partial charge in [-0.1, -0.05) is 6.92 Å². The van der Waals surface area contributed by atoms with Crippen LogP contribution < -0.4 is 10.1 Å². The lowest BCUT2D eigenvalue weighted by Gasteiger charge is -2.26. The maximum absolute atomic E-state index is 14.0. The van der Waals surface area contributed by atoms with Crippen LogP contribution in [0.3, 0.4) is 0 Å². The van der Waals surface area contributed by atoms with E-state index in [0.29, 0.717) is 25.3 Å². The first-order valence-corrected chi connectivity index (χ1v) is 5.89. The van der Waals surface area contributed by atoms with Gasteiger partial charge in [0.1, 0.15) is 6.10 Å². The largest absolute Gasteiger partial charge is 0.467 e. The first-order chi connectivity index (χ1) is 8.31. The summed E-state index contributed by atoms with van der Waals surface area (Å²) in [5, 5.41) is 3.15. The molecule has 0 saturated carbocycles. The molecule has 1 aliphatic rings. The van der Waals surface area contributed by atoms with Crippen molar-refractivity contribution in [1.29, 1.82) is 0 Å². The van der Waals surface area contributed by atoms with E-state index < -0.39 is 0 Å². The number of aromatic nitrogens is 1. The molecule has 1 aliphatic heterocycles. The van der Waals surface area contributed by atoms with Crippen LogP contribution in [0.25, 0.3) is 0 Å². The number of hydrogen-bond donors (Lipinski definition) is 1. The Morgan fingerprint density at radius 2 is 2.41 bits per heavy atom. The van der Waals surface area contributed by atoms with Crippen molar-refractivity contribution in [2.24, 2.45) is 0 Å². The Kier molecular flexibility index (Phi) is 4.28. The molecule has 0 amide bonds. The molecule has 0 atom stereocenters. The van der Waals surface area contributed by atoms with Gasteiger partial charge in [-0.3, -0.25) is 0 Å². The van der Waals surface area contributed by atoms with Gasteiger partial charge in [-0.25, -0.2) is 9.37 Å². The summed E-state index contributed by atoms with van der Waals surface area (Å²) in [4.78, 5) is 3.91. The number of rotatable bonds is 6. The highest BCUT2D eigenvalue weighted by molar-refractivity contribution is 5.23. The van der Waals surface area contributed by atoms with Crippen LogP contribution in [0.4, 0.5) is 4.39 Å². The number of halogens is 1. The second-order valence-corrected chi connectivity index (χ2v) is 4.04. The van der Waals surface area contributed by atoms with Gasteiger partial charge in [0, 0.05) is 18.3 Å². The zero-order chi connectivity index (χ0) is 12.1. The van der Waals surface area contributed by atoms with Crippen molar-refractivity contribution < 1.29 is 13.9 Å². The van der Waals surface area contributed by atoms with Gasteiger partial charge in [-0.15, -0.1) is 0 Å². The lowest BCUT2D eigenvalue weighted by atomic mass is 10.2. The lowest BCUT2D eigenvalue weighted by Crippen LogP contribution is -2.39. The summed E-state index contributed by atoms with van der Waals surface area (Å²) < 4.78 is 24.3. The molecule has 0 unspecified atom stereocenters. The molecule has 0 spiro atoms. The summed E-state index contributed by atoms with van der Waals surface area (Å²) in [5.41, 5.74) is 0.587. The molecule has 1 N–H and O–H groups in total. The minimum absolute atomic E-state index is 0.0594. The molecule has 4 nitrogen and oxygen atoms in total. The van der Waals surface area contributed by atoms with E-state index in [2.05, 4.69) is 17.2 Å². The van der Waals surface area contributed by atoms with Crippen molar-refractivity contribution in [2.45, 2.75) is 26.0 Å². The maximum atomic E-state index is 14.0. The predicted octanol–water partition coefficient (Wildman–Crippen LogP) is 1.50. The molecule has 0 aromatic carbocycles. The highest BCUT2D eigenvalue weighted by atomic mass is 19.1. The van der Waals surface area contributed by atoms with Crippen molar-refractivity contribution >= 4 is 0 Å². The summed E-state index contributed by atoms with van der Waals surface area (Å²) >= 11 is 0. The highest BCUT2D eigenvalue weighted by Crippen LogP contribution is 2.20. The van der Waals surface area contributed by atoms with Gasteiger partial charge in [0.25, 0.3) is 5.88 Å². The lowest BCUT2D eigenvalue weighted by molar-refractivity contribution is -0.0827. The van der Waals surface area contributed by atoms with Crippen molar-refractivity contribution in [3.05, 3.63) is 23.6 Å². The molecule has 0 aliphatic carbocycles. The molecule has 94 valence electrons. The highest BCUT2D eigenvalue weighted by Gasteiger charge is 2.23.